The number of aliphatic carboxylic acids is 1. The molecule has 4 heteroatoms. The van der Waals surface area contributed by atoms with Gasteiger partial charge >= 0.3 is 5.97 Å². The number of carbonyl (C=O) groups is 1. The van der Waals surface area contributed by atoms with Crippen molar-refractivity contribution in [3.8, 4) is 0 Å². The molecule has 4 nitrogen and oxygen atoms in total. The number of hydrogen-bond acceptors (Lipinski definition) is 3. The van der Waals surface area contributed by atoms with Gasteiger partial charge in [0.25, 0.3) is 0 Å². The molecule has 0 heterocycles. The summed E-state index contributed by atoms with van der Waals surface area (Å²) in [6.07, 6.45) is 5.13. The molecule has 0 spiro atoms. The SMILES string of the molecule is O=C(O)C(NCC1(CCO)CC1)C1CC1. The van der Waals surface area contributed by atoms with E-state index in [9.17, 15) is 4.79 Å². The van der Waals surface area contributed by atoms with E-state index in [1.165, 1.54) is 0 Å². The molecule has 0 aliphatic heterocycles. The molecule has 0 saturated heterocycles. The van der Waals surface area contributed by atoms with Gasteiger partial charge in [-0.2, -0.15) is 0 Å². The summed E-state index contributed by atoms with van der Waals surface area (Å²) in [5.74, 6) is -0.385. The molecule has 86 valence electrons. The van der Waals surface area contributed by atoms with Crippen LogP contribution in [0.15, 0.2) is 0 Å². The van der Waals surface area contributed by atoms with Gasteiger partial charge in [0.05, 0.1) is 0 Å². The molecule has 0 aromatic heterocycles. The summed E-state index contributed by atoms with van der Waals surface area (Å²) in [6.45, 7) is 0.962. The van der Waals surface area contributed by atoms with Crippen molar-refractivity contribution in [3.63, 3.8) is 0 Å². The summed E-state index contributed by atoms with van der Waals surface area (Å²) in [4.78, 5) is 11.0. The first-order chi connectivity index (χ1) is 7.17. The number of hydrogen-bond donors (Lipinski definition) is 3. The van der Waals surface area contributed by atoms with Gasteiger partial charge in [-0.1, -0.05) is 0 Å². The Morgan fingerprint density at radius 2 is 2.13 bits per heavy atom. The Kier molecular flexibility index (Phi) is 2.98. The van der Waals surface area contributed by atoms with Crippen LogP contribution in [-0.2, 0) is 4.79 Å². The first-order valence-electron chi connectivity index (χ1n) is 5.74. The van der Waals surface area contributed by atoms with Crippen molar-refractivity contribution in [2.24, 2.45) is 11.3 Å². The summed E-state index contributed by atoms with van der Waals surface area (Å²) in [7, 11) is 0. The second kappa shape index (κ2) is 4.10. The third-order valence-corrected chi connectivity index (χ3v) is 3.66. The molecule has 2 fully saturated rings. The fourth-order valence-corrected chi connectivity index (χ4v) is 2.14. The summed E-state index contributed by atoms with van der Waals surface area (Å²) in [6, 6.07) is -0.360. The number of nitrogens with one attached hydrogen (secondary N) is 1. The number of carboxylic acids is 1. The Hall–Kier alpha value is -0.610. The second-order valence-electron chi connectivity index (χ2n) is 5.01. The van der Waals surface area contributed by atoms with Gasteiger partial charge in [0.1, 0.15) is 6.04 Å². The Labute approximate surface area is 89.7 Å². The van der Waals surface area contributed by atoms with Crippen LogP contribution >= 0.6 is 0 Å². The van der Waals surface area contributed by atoms with E-state index in [-0.39, 0.29) is 18.1 Å². The van der Waals surface area contributed by atoms with Crippen molar-refractivity contribution in [1.29, 1.82) is 0 Å². The fourth-order valence-electron chi connectivity index (χ4n) is 2.14. The molecule has 0 amide bonds. The highest BCUT2D eigenvalue weighted by molar-refractivity contribution is 5.74. The molecule has 0 aromatic carbocycles. The van der Waals surface area contributed by atoms with Crippen molar-refractivity contribution in [3.05, 3.63) is 0 Å². The molecule has 2 rings (SSSR count). The Morgan fingerprint density at radius 1 is 1.47 bits per heavy atom. The quantitative estimate of drug-likeness (QED) is 0.579. The zero-order valence-corrected chi connectivity index (χ0v) is 8.91. The average Bonchev–Trinajstić information content (AvgIpc) is 3.01. The van der Waals surface area contributed by atoms with Crippen molar-refractivity contribution >= 4 is 5.97 Å². The molecule has 2 aliphatic carbocycles. The molecule has 0 radical (unpaired) electrons. The second-order valence-corrected chi connectivity index (χ2v) is 5.01. The van der Waals surface area contributed by atoms with Crippen LogP contribution in [0.2, 0.25) is 0 Å². The van der Waals surface area contributed by atoms with E-state index in [1.807, 2.05) is 0 Å². The largest absolute Gasteiger partial charge is 0.480 e. The van der Waals surface area contributed by atoms with E-state index in [4.69, 9.17) is 10.2 Å². The van der Waals surface area contributed by atoms with E-state index >= 15 is 0 Å². The highest BCUT2D eigenvalue weighted by Crippen LogP contribution is 2.48. The van der Waals surface area contributed by atoms with Crippen LogP contribution in [0.25, 0.3) is 0 Å². The van der Waals surface area contributed by atoms with E-state index in [1.54, 1.807) is 0 Å². The first-order valence-corrected chi connectivity index (χ1v) is 5.74. The molecule has 0 bridgehead atoms. The van der Waals surface area contributed by atoms with E-state index in [0.29, 0.717) is 5.92 Å². The highest BCUT2D eigenvalue weighted by atomic mass is 16.4. The van der Waals surface area contributed by atoms with Crippen molar-refractivity contribution < 1.29 is 15.0 Å². The minimum atomic E-state index is -0.725. The van der Waals surface area contributed by atoms with Crippen LogP contribution in [0.1, 0.15) is 32.1 Å². The number of rotatable bonds is 7. The van der Waals surface area contributed by atoms with Gasteiger partial charge < -0.3 is 15.5 Å². The highest BCUT2D eigenvalue weighted by Gasteiger charge is 2.44. The molecule has 2 aliphatic rings. The maximum absolute atomic E-state index is 11.0. The van der Waals surface area contributed by atoms with Gasteiger partial charge in [-0.15, -0.1) is 0 Å². The lowest BCUT2D eigenvalue weighted by molar-refractivity contribution is -0.140. The van der Waals surface area contributed by atoms with Crippen molar-refractivity contribution in [1.82, 2.24) is 5.32 Å². The van der Waals surface area contributed by atoms with Crippen LogP contribution in [-0.4, -0.2) is 35.4 Å². The zero-order valence-electron chi connectivity index (χ0n) is 8.91. The lowest BCUT2D eigenvalue weighted by Crippen LogP contribution is -2.41. The minimum absolute atomic E-state index is 0.206. The van der Waals surface area contributed by atoms with Gasteiger partial charge in [-0.3, -0.25) is 4.79 Å². The lowest BCUT2D eigenvalue weighted by atomic mass is 10.0. The Balaban J connectivity index is 1.78. The van der Waals surface area contributed by atoms with Crippen molar-refractivity contribution in [2.75, 3.05) is 13.2 Å². The summed E-state index contributed by atoms with van der Waals surface area (Å²) in [5.41, 5.74) is 0.206. The molecule has 3 N–H and O–H groups in total. The Morgan fingerprint density at radius 3 is 2.53 bits per heavy atom. The molecule has 1 atom stereocenters. The normalized spacial score (nSPS) is 24.9. The molecule has 0 aromatic rings. The van der Waals surface area contributed by atoms with Gasteiger partial charge in [-0.05, 0) is 43.4 Å². The molecule has 1 unspecified atom stereocenters. The number of carboxylic acid groups (broad SMARTS) is 1. The molecule has 2 saturated carbocycles. The van der Waals surface area contributed by atoms with Crippen LogP contribution in [0.5, 0.6) is 0 Å². The number of aliphatic hydroxyl groups is 1. The van der Waals surface area contributed by atoms with Crippen LogP contribution in [0.4, 0.5) is 0 Å². The van der Waals surface area contributed by atoms with Gasteiger partial charge in [0.2, 0.25) is 0 Å². The van der Waals surface area contributed by atoms with E-state index in [2.05, 4.69) is 5.32 Å². The zero-order chi connectivity index (χ0) is 10.9. The van der Waals surface area contributed by atoms with Crippen molar-refractivity contribution in [2.45, 2.75) is 38.1 Å². The van der Waals surface area contributed by atoms with Crippen LogP contribution in [0, 0.1) is 11.3 Å². The third kappa shape index (κ3) is 2.69. The summed E-state index contributed by atoms with van der Waals surface area (Å²) in [5, 5.41) is 21.1. The predicted octanol–water partition coefficient (Wildman–Crippen LogP) is 0.602. The van der Waals surface area contributed by atoms with E-state index in [0.717, 1.165) is 38.6 Å². The monoisotopic (exact) mass is 213 g/mol. The predicted molar refractivity (Wildman–Crippen MR) is 55.5 cm³/mol. The summed E-state index contributed by atoms with van der Waals surface area (Å²) < 4.78 is 0. The average molecular weight is 213 g/mol. The summed E-state index contributed by atoms with van der Waals surface area (Å²) >= 11 is 0. The van der Waals surface area contributed by atoms with Gasteiger partial charge in [-0.25, -0.2) is 0 Å². The number of aliphatic hydroxyl groups excluding tert-OH is 1. The van der Waals surface area contributed by atoms with E-state index < -0.39 is 5.97 Å². The fraction of sp³-hybridized carbons (Fsp3) is 0.909. The Bertz CT molecular complexity index is 246. The molecule has 15 heavy (non-hydrogen) atoms. The molecular formula is C11H19NO3. The van der Waals surface area contributed by atoms with Crippen LogP contribution < -0.4 is 5.32 Å². The molecular weight excluding hydrogens is 194 g/mol. The van der Waals surface area contributed by atoms with Gasteiger partial charge in [0, 0.05) is 13.2 Å². The third-order valence-electron chi connectivity index (χ3n) is 3.66. The standard InChI is InChI=1S/C11H19NO3/c13-6-5-11(3-4-11)7-12-9(10(14)15)8-1-2-8/h8-9,12-13H,1-7H2,(H,14,15). The minimum Gasteiger partial charge on any atom is -0.480 e. The first kappa shape index (κ1) is 10.9. The smallest absolute Gasteiger partial charge is 0.320 e. The van der Waals surface area contributed by atoms with Gasteiger partial charge in [0.15, 0.2) is 0 Å². The maximum Gasteiger partial charge on any atom is 0.320 e. The maximum atomic E-state index is 11.0. The topological polar surface area (TPSA) is 69.6 Å². The lowest BCUT2D eigenvalue weighted by Gasteiger charge is -2.19. The van der Waals surface area contributed by atoms with Crippen LogP contribution in [0.3, 0.4) is 0 Å².